The Bertz CT molecular complexity index is 1060. The van der Waals surface area contributed by atoms with Gasteiger partial charge in [0, 0.05) is 23.4 Å². The Hall–Kier alpha value is -2.89. The van der Waals surface area contributed by atoms with Gasteiger partial charge in [-0.25, -0.2) is 4.98 Å². The molecule has 2 aromatic carbocycles. The van der Waals surface area contributed by atoms with Crippen molar-refractivity contribution in [1.29, 1.82) is 0 Å². The van der Waals surface area contributed by atoms with Gasteiger partial charge in [-0.05, 0) is 40.1 Å². The fourth-order valence-electron chi connectivity index (χ4n) is 3.07. The fraction of sp³-hybridized carbons (Fsp3) is 0.130. The number of benzene rings is 2. The van der Waals surface area contributed by atoms with Crippen LogP contribution in [0.1, 0.15) is 29.5 Å². The highest BCUT2D eigenvalue weighted by molar-refractivity contribution is 7.08. The lowest BCUT2D eigenvalue weighted by Crippen LogP contribution is -2.29. The van der Waals surface area contributed by atoms with Gasteiger partial charge in [-0.3, -0.25) is 4.79 Å². The van der Waals surface area contributed by atoms with Crippen LogP contribution >= 0.6 is 22.9 Å². The molecule has 0 bridgehead atoms. The number of carbonyl (C=O) groups excluding carboxylic acids is 1. The van der Waals surface area contributed by atoms with Crippen molar-refractivity contribution in [3.05, 3.63) is 99.7 Å². The van der Waals surface area contributed by atoms with Crippen LogP contribution in [0.15, 0.2) is 82.0 Å². The molecule has 0 aliphatic carbocycles. The summed E-state index contributed by atoms with van der Waals surface area (Å²) >= 11 is 7.61. The van der Waals surface area contributed by atoms with Crippen molar-refractivity contribution >= 4 is 28.8 Å². The Morgan fingerprint density at radius 2 is 1.86 bits per heavy atom. The molecule has 0 saturated carbocycles. The maximum atomic E-state index is 12.6. The van der Waals surface area contributed by atoms with E-state index >= 15 is 0 Å². The highest BCUT2D eigenvalue weighted by Gasteiger charge is 2.18. The van der Waals surface area contributed by atoms with Crippen molar-refractivity contribution in [3.8, 4) is 11.3 Å². The minimum absolute atomic E-state index is 0.0596. The molecule has 0 aliphatic rings. The molecule has 4 nitrogen and oxygen atoms in total. The molecule has 29 heavy (non-hydrogen) atoms. The van der Waals surface area contributed by atoms with Gasteiger partial charge in [0.1, 0.15) is 0 Å². The zero-order valence-electron chi connectivity index (χ0n) is 15.5. The average Bonchev–Trinajstić information content (AvgIpc) is 3.44. The van der Waals surface area contributed by atoms with Gasteiger partial charge in [-0.2, -0.15) is 11.3 Å². The summed E-state index contributed by atoms with van der Waals surface area (Å²) in [6.45, 7) is 0. The number of hydrogen-bond acceptors (Lipinski definition) is 4. The Balaban J connectivity index is 1.41. The van der Waals surface area contributed by atoms with E-state index in [1.54, 1.807) is 17.5 Å². The first-order valence-corrected chi connectivity index (χ1v) is 10.6. The first kappa shape index (κ1) is 19.4. The number of oxazole rings is 1. The van der Waals surface area contributed by atoms with Gasteiger partial charge in [-0.15, -0.1) is 0 Å². The third-order valence-electron chi connectivity index (χ3n) is 4.56. The van der Waals surface area contributed by atoms with Gasteiger partial charge in [0.25, 0.3) is 0 Å². The van der Waals surface area contributed by atoms with E-state index in [0.29, 0.717) is 29.5 Å². The molecule has 0 spiro atoms. The third-order valence-corrected chi connectivity index (χ3v) is 5.52. The number of rotatable bonds is 7. The normalized spacial score (nSPS) is 11.9. The molecule has 0 fully saturated rings. The van der Waals surface area contributed by atoms with Crippen molar-refractivity contribution in [2.75, 3.05) is 0 Å². The fourth-order valence-corrected chi connectivity index (χ4v) is 3.88. The summed E-state index contributed by atoms with van der Waals surface area (Å²) in [5.41, 5.74) is 3.01. The lowest BCUT2D eigenvalue weighted by molar-refractivity contribution is -0.121. The van der Waals surface area contributed by atoms with Crippen LogP contribution in [0.25, 0.3) is 11.3 Å². The van der Waals surface area contributed by atoms with Crippen molar-refractivity contribution in [2.24, 2.45) is 0 Å². The molecule has 2 aromatic heterocycles. The van der Waals surface area contributed by atoms with E-state index in [4.69, 9.17) is 16.0 Å². The summed E-state index contributed by atoms with van der Waals surface area (Å²) in [5.74, 6) is 1.20. The molecule has 0 aliphatic heterocycles. The summed E-state index contributed by atoms with van der Waals surface area (Å²) < 4.78 is 5.79. The molecule has 0 saturated heterocycles. The Kier molecular flexibility index (Phi) is 6.08. The van der Waals surface area contributed by atoms with Crippen LogP contribution in [0.4, 0.5) is 0 Å². The Morgan fingerprint density at radius 3 is 2.59 bits per heavy atom. The standard InChI is InChI=1S/C23H19ClN2O2S/c24-19-8-6-17(7-9-19)23(18-12-13-29-15-18)26-21(27)10-11-22-25-14-20(28-22)16-4-2-1-3-5-16/h1-9,12-15,23H,10-11H2,(H,26,27). The summed E-state index contributed by atoms with van der Waals surface area (Å²) in [7, 11) is 0. The highest BCUT2D eigenvalue weighted by atomic mass is 35.5. The van der Waals surface area contributed by atoms with Crippen LogP contribution in [0.2, 0.25) is 5.02 Å². The maximum Gasteiger partial charge on any atom is 0.221 e. The number of aromatic nitrogens is 1. The third kappa shape index (κ3) is 4.94. The number of aryl methyl sites for hydroxylation is 1. The monoisotopic (exact) mass is 422 g/mol. The van der Waals surface area contributed by atoms with Gasteiger partial charge in [0.15, 0.2) is 11.7 Å². The summed E-state index contributed by atoms with van der Waals surface area (Å²) in [6.07, 6.45) is 2.43. The van der Waals surface area contributed by atoms with Crippen molar-refractivity contribution in [1.82, 2.24) is 10.3 Å². The van der Waals surface area contributed by atoms with Crippen LogP contribution in [-0.4, -0.2) is 10.9 Å². The molecule has 4 aromatic rings. The van der Waals surface area contributed by atoms with Crippen LogP contribution in [0.3, 0.4) is 0 Å². The van der Waals surface area contributed by atoms with Crippen molar-refractivity contribution in [2.45, 2.75) is 18.9 Å². The van der Waals surface area contributed by atoms with Gasteiger partial charge < -0.3 is 9.73 Å². The SMILES string of the molecule is O=C(CCc1ncc(-c2ccccc2)o1)NC(c1ccc(Cl)cc1)c1ccsc1. The molecule has 1 unspecified atom stereocenters. The Morgan fingerprint density at radius 1 is 1.07 bits per heavy atom. The molecule has 1 atom stereocenters. The van der Waals surface area contributed by atoms with Crippen LogP contribution < -0.4 is 5.32 Å². The molecular formula is C23H19ClN2O2S. The summed E-state index contributed by atoms with van der Waals surface area (Å²) in [4.78, 5) is 16.9. The Labute approximate surface area is 178 Å². The van der Waals surface area contributed by atoms with Gasteiger partial charge >= 0.3 is 0 Å². The lowest BCUT2D eigenvalue weighted by atomic mass is 10.0. The number of hydrogen-bond donors (Lipinski definition) is 1. The quantitative estimate of drug-likeness (QED) is 0.403. The smallest absolute Gasteiger partial charge is 0.221 e. The van der Waals surface area contributed by atoms with Crippen LogP contribution in [0, 0.1) is 0 Å². The maximum absolute atomic E-state index is 12.6. The highest BCUT2D eigenvalue weighted by Crippen LogP contribution is 2.26. The number of nitrogens with one attached hydrogen (secondary N) is 1. The van der Waals surface area contributed by atoms with Gasteiger partial charge in [-0.1, -0.05) is 54.1 Å². The van der Waals surface area contributed by atoms with Crippen LogP contribution in [0.5, 0.6) is 0 Å². The van der Waals surface area contributed by atoms with E-state index in [0.717, 1.165) is 16.7 Å². The van der Waals surface area contributed by atoms with E-state index in [9.17, 15) is 4.79 Å². The van der Waals surface area contributed by atoms with Crippen molar-refractivity contribution in [3.63, 3.8) is 0 Å². The molecule has 4 rings (SSSR count). The van der Waals surface area contributed by atoms with Crippen LogP contribution in [-0.2, 0) is 11.2 Å². The number of amides is 1. The van der Waals surface area contributed by atoms with E-state index in [-0.39, 0.29) is 11.9 Å². The second-order valence-electron chi connectivity index (χ2n) is 6.59. The largest absolute Gasteiger partial charge is 0.441 e. The molecule has 6 heteroatoms. The first-order chi connectivity index (χ1) is 14.2. The average molecular weight is 423 g/mol. The number of carbonyl (C=O) groups is 1. The van der Waals surface area contributed by atoms with E-state index in [1.165, 1.54) is 0 Å². The number of thiophene rings is 1. The minimum Gasteiger partial charge on any atom is -0.441 e. The van der Waals surface area contributed by atoms with Crippen molar-refractivity contribution < 1.29 is 9.21 Å². The molecule has 146 valence electrons. The van der Waals surface area contributed by atoms with E-state index in [1.807, 2.05) is 71.4 Å². The number of nitrogens with zero attached hydrogens (tertiary/aromatic N) is 1. The second-order valence-corrected chi connectivity index (χ2v) is 7.81. The van der Waals surface area contributed by atoms with E-state index in [2.05, 4.69) is 10.3 Å². The van der Waals surface area contributed by atoms with Gasteiger partial charge in [0.2, 0.25) is 5.91 Å². The zero-order valence-corrected chi connectivity index (χ0v) is 17.1. The molecule has 1 amide bonds. The summed E-state index contributed by atoms with van der Waals surface area (Å²) in [6, 6.07) is 19.1. The van der Waals surface area contributed by atoms with E-state index < -0.39 is 0 Å². The zero-order chi connectivity index (χ0) is 20.1. The molecule has 1 N–H and O–H groups in total. The molecule has 2 heterocycles. The second kappa shape index (κ2) is 9.07. The predicted molar refractivity (Wildman–Crippen MR) is 116 cm³/mol. The molecular weight excluding hydrogens is 404 g/mol. The number of halogens is 1. The predicted octanol–water partition coefficient (Wildman–Crippen LogP) is 5.89. The minimum atomic E-state index is -0.213. The summed E-state index contributed by atoms with van der Waals surface area (Å²) in [5, 5.41) is 7.83. The molecule has 0 radical (unpaired) electrons. The first-order valence-electron chi connectivity index (χ1n) is 9.26. The van der Waals surface area contributed by atoms with Gasteiger partial charge in [0.05, 0.1) is 12.2 Å². The topological polar surface area (TPSA) is 55.1 Å². The lowest BCUT2D eigenvalue weighted by Gasteiger charge is -2.18.